The fraction of sp³-hybridized carbons (Fsp3) is 0.500. The third kappa shape index (κ3) is 2.29. The van der Waals surface area contributed by atoms with Crippen molar-refractivity contribution >= 4 is 39.5 Å². The second-order valence-corrected chi connectivity index (χ2v) is 7.55. The van der Waals surface area contributed by atoms with Crippen LogP contribution in [0.5, 0.6) is 0 Å². The molecule has 1 aromatic heterocycles. The number of hydrogen-bond donors (Lipinski definition) is 2. The zero-order valence-corrected chi connectivity index (χ0v) is 15.3. The maximum atomic E-state index is 12.9. The zero-order chi connectivity index (χ0) is 17.9. The van der Waals surface area contributed by atoms with Gasteiger partial charge in [0.05, 0.1) is 29.6 Å². The minimum Gasteiger partial charge on any atom is -0.372 e. The molecule has 0 unspecified atom stereocenters. The zero-order valence-electron chi connectivity index (χ0n) is 13.7. The molecular formula is C16H17BrN4O4. The molecule has 4 rings (SSSR count). The normalized spacial score (nSPS) is 30.4. The Labute approximate surface area is 152 Å². The van der Waals surface area contributed by atoms with Gasteiger partial charge < -0.3 is 9.64 Å². The number of imide groups is 2. The van der Waals surface area contributed by atoms with E-state index in [0.29, 0.717) is 16.8 Å². The molecule has 3 aliphatic rings. The molecule has 2 fully saturated rings. The Morgan fingerprint density at radius 3 is 2.60 bits per heavy atom. The van der Waals surface area contributed by atoms with E-state index < -0.39 is 29.3 Å². The molecule has 132 valence electrons. The van der Waals surface area contributed by atoms with Crippen LogP contribution >= 0.6 is 15.9 Å². The number of nitrogens with zero attached hydrogens (tertiary/aromatic N) is 2. The molecule has 0 radical (unpaired) electrons. The van der Waals surface area contributed by atoms with Gasteiger partial charge in [0.1, 0.15) is 4.60 Å². The molecule has 0 aliphatic carbocycles. The van der Waals surface area contributed by atoms with E-state index in [0.717, 1.165) is 5.69 Å². The Balaban J connectivity index is 1.92. The smallest absolute Gasteiger partial charge is 0.328 e. The van der Waals surface area contributed by atoms with E-state index in [9.17, 15) is 14.4 Å². The van der Waals surface area contributed by atoms with Crippen molar-refractivity contribution in [3.8, 4) is 0 Å². The van der Waals surface area contributed by atoms with Crippen LogP contribution in [0.15, 0.2) is 16.7 Å². The molecule has 0 saturated carbocycles. The first-order valence-corrected chi connectivity index (χ1v) is 8.86. The first kappa shape index (κ1) is 16.5. The number of fused-ring (bicyclic) bond motifs is 4. The van der Waals surface area contributed by atoms with E-state index in [1.54, 1.807) is 0 Å². The molecule has 2 N–H and O–H groups in total. The molecule has 3 aliphatic heterocycles. The summed E-state index contributed by atoms with van der Waals surface area (Å²) >= 11 is 3.34. The summed E-state index contributed by atoms with van der Waals surface area (Å²) < 4.78 is 6.56. The summed E-state index contributed by atoms with van der Waals surface area (Å²) in [5.74, 6) is -1.21. The lowest BCUT2D eigenvalue weighted by atomic mass is 9.67. The first-order chi connectivity index (χ1) is 11.8. The van der Waals surface area contributed by atoms with Crippen molar-refractivity contribution in [2.24, 2.45) is 5.41 Å². The SMILES string of the molecule is C[C@@H]1CN2c3ccc(Br)nc3CC3(C(=O)NC(=O)NC3=O)[C@H]2[C@H](C)O1. The Morgan fingerprint density at radius 1 is 1.24 bits per heavy atom. The van der Waals surface area contributed by atoms with Gasteiger partial charge in [-0.3, -0.25) is 20.2 Å². The van der Waals surface area contributed by atoms with Crippen molar-refractivity contribution in [1.29, 1.82) is 0 Å². The number of pyridine rings is 1. The van der Waals surface area contributed by atoms with Gasteiger partial charge in [0.15, 0.2) is 5.41 Å². The molecule has 4 heterocycles. The lowest BCUT2D eigenvalue weighted by Gasteiger charge is -2.55. The number of ether oxygens (including phenoxy) is 1. The number of urea groups is 1. The van der Waals surface area contributed by atoms with Crippen LogP contribution in [0, 0.1) is 5.41 Å². The van der Waals surface area contributed by atoms with E-state index in [2.05, 4.69) is 31.5 Å². The van der Waals surface area contributed by atoms with Crippen LogP contribution in [0.25, 0.3) is 0 Å². The molecule has 3 atom stereocenters. The minimum atomic E-state index is -1.46. The number of nitrogens with one attached hydrogen (secondary N) is 2. The van der Waals surface area contributed by atoms with Gasteiger partial charge in [0.2, 0.25) is 11.8 Å². The summed E-state index contributed by atoms with van der Waals surface area (Å²) in [5.41, 5.74) is 0.0683. The Kier molecular flexibility index (Phi) is 3.62. The van der Waals surface area contributed by atoms with Crippen LogP contribution in [0.1, 0.15) is 19.5 Å². The standard InChI is InChI=1S/C16H17BrN4O4/c1-7-6-21-10-3-4-11(17)18-9(10)5-16(12(21)8(2)25-7)13(22)19-15(24)20-14(16)23/h3-4,7-8,12H,5-6H2,1-2H3,(H2,19,20,22,23,24)/t7-,8+,12-/m1/s1. The van der Waals surface area contributed by atoms with Crippen LogP contribution in [0.2, 0.25) is 0 Å². The number of amides is 4. The summed E-state index contributed by atoms with van der Waals surface area (Å²) in [6.45, 7) is 4.33. The number of aromatic nitrogens is 1. The fourth-order valence-corrected chi connectivity index (χ4v) is 4.61. The lowest BCUT2D eigenvalue weighted by molar-refractivity contribution is -0.153. The maximum Gasteiger partial charge on any atom is 0.328 e. The van der Waals surface area contributed by atoms with E-state index in [1.165, 1.54) is 0 Å². The van der Waals surface area contributed by atoms with Gasteiger partial charge in [0.25, 0.3) is 0 Å². The molecule has 2 saturated heterocycles. The average molecular weight is 409 g/mol. The third-order valence-electron chi connectivity index (χ3n) is 5.12. The molecule has 1 aromatic rings. The first-order valence-electron chi connectivity index (χ1n) is 8.07. The molecule has 9 heteroatoms. The molecule has 1 spiro atoms. The van der Waals surface area contributed by atoms with Crippen molar-refractivity contribution in [3.05, 3.63) is 22.4 Å². The number of halogens is 1. The van der Waals surface area contributed by atoms with Crippen molar-refractivity contribution in [1.82, 2.24) is 15.6 Å². The molecular weight excluding hydrogens is 392 g/mol. The van der Waals surface area contributed by atoms with Crippen molar-refractivity contribution in [2.45, 2.75) is 38.5 Å². The second-order valence-electron chi connectivity index (χ2n) is 6.73. The summed E-state index contributed by atoms with van der Waals surface area (Å²) in [5, 5.41) is 4.50. The molecule has 0 bridgehead atoms. The van der Waals surface area contributed by atoms with Gasteiger partial charge in [-0.05, 0) is 41.9 Å². The van der Waals surface area contributed by atoms with Gasteiger partial charge in [-0.15, -0.1) is 0 Å². The maximum absolute atomic E-state index is 12.9. The van der Waals surface area contributed by atoms with Crippen LogP contribution < -0.4 is 15.5 Å². The van der Waals surface area contributed by atoms with E-state index >= 15 is 0 Å². The number of barbiturate groups is 1. The highest BCUT2D eigenvalue weighted by Gasteiger charge is 2.63. The predicted octanol–water partition coefficient (Wildman–Crippen LogP) is 0.735. The topological polar surface area (TPSA) is 101 Å². The molecule has 0 aromatic carbocycles. The van der Waals surface area contributed by atoms with Gasteiger partial charge in [-0.2, -0.15) is 0 Å². The molecule has 8 nitrogen and oxygen atoms in total. The summed E-state index contributed by atoms with van der Waals surface area (Å²) in [7, 11) is 0. The molecule has 25 heavy (non-hydrogen) atoms. The van der Waals surface area contributed by atoms with E-state index in [4.69, 9.17) is 4.74 Å². The summed E-state index contributed by atoms with van der Waals surface area (Å²) in [6, 6.07) is 2.45. The number of carbonyl (C=O) groups is 3. The highest BCUT2D eigenvalue weighted by atomic mass is 79.9. The van der Waals surface area contributed by atoms with E-state index in [-0.39, 0.29) is 18.6 Å². The average Bonchev–Trinajstić information content (AvgIpc) is 2.51. The van der Waals surface area contributed by atoms with E-state index in [1.807, 2.05) is 30.9 Å². The minimum absolute atomic E-state index is 0.0609. The number of rotatable bonds is 0. The third-order valence-corrected chi connectivity index (χ3v) is 5.56. The number of anilines is 1. The number of morpholine rings is 1. The summed E-state index contributed by atoms with van der Waals surface area (Å²) in [6.07, 6.45) is -0.324. The van der Waals surface area contributed by atoms with Gasteiger partial charge in [0, 0.05) is 13.0 Å². The highest BCUT2D eigenvalue weighted by molar-refractivity contribution is 9.10. The number of carbonyl (C=O) groups excluding carboxylic acids is 3. The van der Waals surface area contributed by atoms with Gasteiger partial charge >= 0.3 is 6.03 Å². The van der Waals surface area contributed by atoms with Crippen molar-refractivity contribution in [2.75, 3.05) is 11.4 Å². The predicted molar refractivity (Wildman–Crippen MR) is 90.9 cm³/mol. The number of hydrogen-bond acceptors (Lipinski definition) is 6. The van der Waals surface area contributed by atoms with Gasteiger partial charge in [-0.1, -0.05) is 0 Å². The summed E-state index contributed by atoms with van der Waals surface area (Å²) in [4.78, 5) is 43.8. The van der Waals surface area contributed by atoms with Crippen LogP contribution in [-0.2, 0) is 20.7 Å². The van der Waals surface area contributed by atoms with Crippen LogP contribution in [0.4, 0.5) is 10.5 Å². The quantitative estimate of drug-likeness (QED) is 0.484. The molecule has 4 amide bonds. The van der Waals surface area contributed by atoms with Crippen LogP contribution in [0.3, 0.4) is 0 Å². The fourth-order valence-electron chi connectivity index (χ4n) is 4.26. The Bertz CT molecular complexity index is 778. The Hall–Kier alpha value is -2.00. The highest BCUT2D eigenvalue weighted by Crippen LogP contribution is 2.46. The largest absolute Gasteiger partial charge is 0.372 e. The van der Waals surface area contributed by atoms with Crippen molar-refractivity contribution in [3.63, 3.8) is 0 Å². The van der Waals surface area contributed by atoms with Crippen LogP contribution in [-0.4, -0.2) is 47.6 Å². The lowest BCUT2D eigenvalue weighted by Crippen LogP contribution is -2.75. The van der Waals surface area contributed by atoms with Gasteiger partial charge in [-0.25, -0.2) is 9.78 Å². The monoisotopic (exact) mass is 408 g/mol. The Morgan fingerprint density at radius 2 is 1.92 bits per heavy atom. The second kappa shape index (κ2) is 5.50. The van der Waals surface area contributed by atoms with Crippen molar-refractivity contribution < 1.29 is 19.1 Å².